The molecule has 0 aliphatic rings. The first-order chi connectivity index (χ1) is 22.4. The third-order valence-electron chi connectivity index (χ3n) is 7.86. The highest BCUT2D eigenvalue weighted by Crippen LogP contribution is 2.35. The highest BCUT2D eigenvalue weighted by atomic mass is 16.5. The number of ether oxygens (including phenoxy) is 1. The summed E-state index contributed by atoms with van der Waals surface area (Å²) < 4.78 is 10.2. The molecule has 2 N–H and O–H groups in total. The van der Waals surface area contributed by atoms with Gasteiger partial charge in [0, 0.05) is 34.3 Å². The third kappa shape index (κ3) is 5.41. The molecule has 4 aromatic heterocycles. The summed E-state index contributed by atoms with van der Waals surface area (Å²) in [6, 6.07) is 31.6. The normalized spacial score (nSPS) is 11.3. The van der Waals surface area contributed by atoms with Gasteiger partial charge in [-0.15, -0.1) is 5.10 Å². The standard InChI is InChI=1S/C36H32N8O2/c1-23-17-28(18-24(2)38-23)31-33(26-13-8-5-9-14-26)39-35(37)44-34(31)41-43(36(44)45)22-29-21-42(20-25-11-6-4-7-12-25)40-32(29)27-15-10-16-30(19-27)46-3/h4-19,21H,20,22H2,1-3H3,(H2,37,39). The Balaban J connectivity index is 1.41. The van der Waals surface area contributed by atoms with E-state index in [1.165, 1.54) is 9.08 Å². The van der Waals surface area contributed by atoms with Crippen LogP contribution >= 0.6 is 0 Å². The number of benzene rings is 3. The van der Waals surface area contributed by atoms with Crippen molar-refractivity contribution in [2.75, 3.05) is 12.8 Å². The fraction of sp³-hybridized carbons (Fsp3) is 0.139. The first-order valence-electron chi connectivity index (χ1n) is 14.9. The van der Waals surface area contributed by atoms with E-state index >= 15 is 0 Å². The van der Waals surface area contributed by atoms with Crippen molar-refractivity contribution >= 4 is 11.6 Å². The average molecular weight is 609 g/mol. The Morgan fingerprint density at radius 3 is 2.15 bits per heavy atom. The van der Waals surface area contributed by atoms with Crippen molar-refractivity contribution in [1.29, 1.82) is 0 Å². The predicted molar refractivity (Wildman–Crippen MR) is 179 cm³/mol. The summed E-state index contributed by atoms with van der Waals surface area (Å²) in [5.41, 5.74) is 14.8. The molecule has 7 aromatic rings. The highest BCUT2D eigenvalue weighted by Gasteiger charge is 2.23. The maximum Gasteiger partial charge on any atom is 0.353 e. The highest BCUT2D eigenvalue weighted by molar-refractivity contribution is 5.90. The second kappa shape index (κ2) is 11.8. The van der Waals surface area contributed by atoms with Crippen molar-refractivity contribution in [3.05, 3.63) is 136 Å². The van der Waals surface area contributed by atoms with Crippen molar-refractivity contribution < 1.29 is 4.74 Å². The Morgan fingerprint density at radius 1 is 0.739 bits per heavy atom. The number of nitrogens with two attached hydrogens (primary N) is 1. The van der Waals surface area contributed by atoms with Gasteiger partial charge in [-0.25, -0.2) is 18.9 Å². The zero-order valence-electron chi connectivity index (χ0n) is 25.8. The Bertz CT molecular complexity index is 2230. The molecule has 0 fully saturated rings. The quantitative estimate of drug-likeness (QED) is 0.232. The van der Waals surface area contributed by atoms with Crippen molar-refractivity contribution in [2.24, 2.45) is 0 Å². The van der Waals surface area contributed by atoms with Crippen LogP contribution in [0, 0.1) is 13.8 Å². The van der Waals surface area contributed by atoms with E-state index < -0.39 is 5.69 Å². The maximum atomic E-state index is 14.0. The zero-order valence-corrected chi connectivity index (χ0v) is 25.8. The number of hydrogen-bond donors (Lipinski definition) is 1. The largest absolute Gasteiger partial charge is 0.497 e. The van der Waals surface area contributed by atoms with Gasteiger partial charge >= 0.3 is 5.69 Å². The minimum atomic E-state index is -0.393. The second-order valence-corrected chi connectivity index (χ2v) is 11.2. The molecule has 3 aromatic carbocycles. The fourth-order valence-corrected chi connectivity index (χ4v) is 5.86. The summed E-state index contributed by atoms with van der Waals surface area (Å²) in [6.45, 7) is 4.62. The Hall–Kier alpha value is -6.03. The van der Waals surface area contributed by atoms with Crippen LogP contribution in [0.5, 0.6) is 5.75 Å². The summed E-state index contributed by atoms with van der Waals surface area (Å²) in [7, 11) is 1.63. The van der Waals surface area contributed by atoms with E-state index in [-0.39, 0.29) is 12.5 Å². The molecule has 0 atom stereocenters. The number of aromatic nitrogens is 7. The number of hydrogen-bond acceptors (Lipinski definition) is 7. The van der Waals surface area contributed by atoms with Crippen molar-refractivity contribution in [3.63, 3.8) is 0 Å². The van der Waals surface area contributed by atoms with Gasteiger partial charge in [0.15, 0.2) is 5.65 Å². The number of aryl methyl sites for hydroxylation is 2. The molecule has 10 nitrogen and oxygen atoms in total. The van der Waals surface area contributed by atoms with E-state index in [0.717, 1.165) is 44.9 Å². The molecular formula is C36H32N8O2. The smallest absolute Gasteiger partial charge is 0.353 e. The molecule has 7 rings (SSSR count). The molecule has 46 heavy (non-hydrogen) atoms. The van der Waals surface area contributed by atoms with Gasteiger partial charge in [0.25, 0.3) is 0 Å². The molecular weight excluding hydrogens is 576 g/mol. The van der Waals surface area contributed by atoms with Gasteiger partial charge in [-0.05, 0) is 49.2 Å². The first kappa shape index (κ1) is 28.7. The van der Waals surface area contributed by atoms with Gasteiger partial charge < -0.3 is 10.5 Å². The molecule has 0 aliphatic carbocycles. The maximum absolute atomic E-state index is 14.0. The van der Waals surface area contributed by atoms with Crippen LogP contribution in [0.15, 0.2) is 108 Å². The summed E-state index contributed by atoms with van der Waals surface area (Å²) in [5, 5.41) is 9.87. The molecule has 0 amide bonds. The van der Waals surface area contributed by atoms with Crippen molar-refractivity contribution in [1.82, 2.24) is 33.9 Å². The predicted octanol–water partition coefficient (Wildman–Crippen LogP) is 5.79. The number of fused-ring (bicyclic) bond motifs is 1. The van der Waals surface area contributed by atoms with Gasteiger partial charge in [-0.1, -0.05) is 72.8 Å². The Kier molecular flexibility index (Phi) is 7.38. The molecule has 0 bridgehead atoms. The van der Waals surface area contributed by atoms with Crippen LogP contribution in [0.1, 0.15) is 22.5 Å². The van der Waals surface area contributed by atoms with Gasteiger partial charge in [0.1, 0.15) is 5.75 Å². The van der Waals surface area contributed by atoms with Crippen LogP contribution in [-0.2, 0) is 13.1 Å². The van der Waals surface area contributed by atoms with Gasteiger partial charge in [-0.2, -0.15) is 5.10 Å². The summed E-state index contributed by atoms with van der Waals surface area (Å²) >= 11 is 0. The van der Waals surface area contributed by atoms with E-state index in [2.05, 4.69) is 17.1 Å². The molecule has 4 heterocycles. The molecule has 228 valence electrons. The third-order valence-corrected chi connectivity index (χ3v) is 7.86. The monoisotopic (exact) mass is 608 g/mol. The number of nitrogen functional groups attached to an aromatic ring is 1. The lowest BCUT2D eigenvalue weighted by atomic mass is 9.99. The lowest BCUT2D eigenvalue weighted by Crippen LogP contribution is -2.23. The fourth-order valence-electron chi connectivity index (χ4n) is 5.86. The molecule has 0 radical (unpaired) electrons. The minimum absolute atomic E-state index is 0.0594. The second-order valence-electron chi connectivity index (χ2n) is 11.2. The van der Waals surface area contributed by atoms with Crippen molar-refractivity contribution in [3.8, 4) is 39.4 Å². The van der Waals surface area contributed by atoms with Crippen LogP contribution < -0.4 is 16.2 Å². The Morgan fingerprint density at radius 2 is 1.43 bits per heavy atom. The van der Waals surface area contributed by atoms with Crippen LogP contribution in [-0.4, -0.2) is 41.0 Å². The van der Waals surface area contributed by atoms with E-state index in [1.54, 1.807) is 7.11 Å². The van der Waals surface area contributed by atoms with E-state index in [1.807, 2.05) is 110 Å². The number of anilines is 1. The molecule has 0 saturated carbocycles. The van der Waals surface area contributed by atoms with Crippen molar-refractivity contribution in [2.45, 2.75) is 26.9 Å². The van der Waals surface area contributed by atoms with Crippen LogP contribution in [0.25, 0.3) is 39.3 Å². The Labute approximate surface area is 265 Å². The SMILES string of the molecule is COc1cccc(-c2nn(Cc3ccccc3)cc2Cn2nc3c(-c4cc(C)nc(C)c4)c(-c4ccccc4)nc(N)n3c2=O)c1. The molecule has 0 unspecified atom stereocenters. The number of methoxy groups -OCH3 is 1. The van der Waals surface area contributed by atoms with Crippen LogP contribution in [0.4, 0.5) is 5.95 Å². The minimum Gasteiger partial charge on any atom is -0.497 e. The summed E-state index contributed by atoms with van der Waals surface area (Å²) in [5.74, 6) is 0.773. The van der Waals surface area contributed by atoms with E-state index in [4.69, 9.17) is 25.7 Å². The average Bonchev–Trinajstić information content (AvgIpc) is 3.61. The van der Waals surface area contributed by atoms with E-state index in [9.17, 15) is 4.79 Å². The lowest BCUT2D eigenvalue weighted by Gasteiger charge is -2.13. The summed E-state index contributed by atoms with van der Waals surface area (Å²) in [6.07, 6.45) is 1.96. The lowest BCUT2D eigenvalue weighted by molar-refractivity contribution is 0.415. The molecule has 10 heteroatoms. The molecule has 0 saturated heterocycles. The number of rotatable bonds is 8. The zero-order chi connectivity index (χ0) is 31.8. The van der Waals surface area contributed by atoms with Gasteiger partial charge in [0.05, 0.1) is 37.2 Å². The van der Waals surface area contributed by atoms with Gasteiger partial charge in [0.2, 0.25) is 5.95 Å². The van der Waals surface area contributed by atoms with E-state index in [0.29, 0.717) is 29.2 Å². The number of nitrogens with zero attached hydrogens (tertiary/aromatic N) is 7. The molecule has 0 spiro atoms. The molecule has 0 aliphatic heterocycles. The van der Waals surface area contributed by atoms with Gasteiger partial charge in [-0.3, -0.25) is 9.67 Å². The van der Waals surface area contributed by atoms with Crippen LogP contribution in [0.3, 0.4) is 0 Å². The summed E-state index contributed by atoms with van der Waals surface area (Å²) in [4.78, 5) is 23.4. The topological polar surface area (TPSA) is 118 Å². The number of pyridine rings is 1. The van der Waals surface area contributed by atoms with Crippen LogP contribution in [0.2, 0.25) is 0 Å². The first-order valence-corrected chi connectivity index (χ1v) is 14.9.